The minimum atomic E-state index is -0.881. The molecule has 9 heteroatoms. The van der Waals surface area contributed by atoms with E-state index >= 15 is 0 Å². The fraction of sp³-hybridized carbons (Fsp3) is 0.250. The number of amides is 2. The third-order valence-corrected chi connectivity index (χ3v) is 4.85. The van der Waals surface area contributed by atoms with Crippen molar-refractivity contribution in [2.75, 3.05) is 23.6 Å². The topological polar surface area (TPSA) is 84.9 Å². The summed E-state index contributed by atoms with van der Waals surface area (Å²) in [5, 5.41) is 2.65. The van der Waals surface area contributed by atoms with E-state index in [1.54, 1.807) is 0 Å². The third-order valence-electron chi connectivity index (χ3n) is 4.85. The van der Waals surface area contributed by atoms with Gasteiger partial charge in [-0.1, -0.05) is 0 Å². The molecule has 2 heterocycles. The molecule has 1 fully saturated rings. The van der Waals surface area contributed by atoms with Crippen LogP contribution in [0, 0.1) is 17.6 Å². The number of hydrogen-bond donors (Lipinski definition) is 1. The summed E-state index contributed by atoms with van der Waals surface area (Å²) < 4.78 is 37.7. The van der Waals surface area contributed by atoms with E-state index in [0.29, 0.717) is 17.6 Å². The predicted molar refractivity (Wildman–Crippen MR) is 98.0 cm³/mol. The summed E-state index contributed by atoms with van der Waals surface area (Å²) in [6.45, 7) is 1.30. The number of ketones is 1. The Morgan fingerprint density at radius 2 is 1.86 bits per heavy atom. The first-order valence-corrected chi connectivity index (χ1v) is 8.84. The molecule has 1 atom stereocenters. The molecular formula is C20H16F2N2O5. The lowest BCUT2D eigenvalue weighted by Crippen LogP contribution is -2.29. The maximum absolute atomic E-state index is 14.0. The van der Waals surface area contributed by atoms with Crippen molar-refractivity contribution in [1.29, 1.82) is 0 Å². The van der Waals surface area contributed by atoms with Crippen molar-refractivity contribution in [3.63, 3.8) is 0 Å². The lowest BCUT2D eigenvalue weighted by atomic mass is 10.1. The quantitative estimate of drug-likeness (QED) is 0.795. The van der Waals surface area contributed by atoms with E-state index in [2.05, 4.69) is 5.32 Å². The molecule has 0 saturated carbocycles. The van der Waals surface area contributed by atoms with E-state index in [-0.39, 0.29) is 42.5 Å². The molecule has 0 radical (unpaired) electrons. The van der Waals surface area contributed by atoms with Crippen molar-refractivity contribution >= 4 is 29.0 Å². The van der Waals surface area contributed by atoms with Gasteiger partial charge in [-0.2, -0.15) is 0 Å². The normalized spacial score (nSPS) is 17.6. The van der Waals surface area contributed by atoms with E-state index in [9.17, 15) is 23.2 Å². The molecule has 0 aliphatic carbocycles. The molecule has 1 N–H and O–H groups in total. The van der Waals surface area contributed by atoms with E-state index in [0.717, 1.165) is 17.0 Å². The first kappa shape index (κ1) is 18.9. The minimum absolute atomic E-state index is 0.0133. The van der Waals surface area contributed by atoms with E-state index < -0.39 is 29.4 Å². The van der Waals surface area contributed by atoms with Crippen LogP contribution in [0.2, 0.25) is 0 Å². The van der Waals surface area contributed by atoms with Crippen molar-refractivity contribution in [2.24, 2.45) is 5.92 Å². The van der Waals surface area contributed by atoms with E-state index in [4.69, 9.17) is 9.47 Å². The van der Waals surface area contributed by atoms with Crippen molar-refractivity contribution in [2.45, 2.75) is 13.3 Å². The number of nitrogens with zero attached hydrogens (tertiary/aromatic N) is 1. The largest absolute Gasteiger partial charge is 0.454 e. The van der Waals surface area contributed by atoms with Crippen LogP contribution in [0.25, 0.3) is 0 Å². The van der Waals surface area contributed by atoms with Gasteiger partial charge < -0.3 is 19.7 Å². The lowest BCUT2D eigenvalue weighted by molar-refractivity contribution is -0.122. The van der Waals surface area contributed by atoms with Crippen molar-refractivity contribution in [3.8, 4) is 11.5 Å². The van der Waals surface area contributed by atoms with Crippen molar-refractivity contribution < 1.29 is 32.6 Å². The number of fused-ring (bicyclic) bond motifs is 1. The molecule has 150 valence electrons. The Hall–Kier alpha value is -3.49. The molecule has 2 amide bonds. The van der Waals surface area contributed by atoms with Crippen molar-refractivity contribution in [3.05, 3.63) is 47.5 Å². The van der Waals surface area contributed by atoms with Gasteiger partial charge in [-0.15, -0.1) is 0 Å². The maximum Gasteiger partial charge on any atom is 0.231 e. The van der Waals surface area contributed by atoms with Crippen LogP contribution in [0.3, 0.4) is 0 Å². The second-order valence-electron chi connectivity index (χ2n) is 6.80. The Bertz CT molecular complexity index is 1040. The second-order valence-corrected chi connectivity index (χ2v) is 6.80. The summed E-state index contributed by atoms with van der Waals surface area (Å²) in [6.07, 6.45) is -0.136. The SMILES string of the molecule is CC(=O)c1cc2c(cc1NC(=O)C1CC(=O)N(c3ccc(F)cc3F)C1)OCO2. The Labute approximate surface area is 164 Å². The van der Waals surface area contributed by atoms with Gasteiger partial charge in [0.1, 0.15) is 11.6 Å². The molecule has 0 aromatic heterocycles. The number of ether oxygens (including phenoxy) is 2. The molecular weight excluding hydrogens is 386 g/mol. The van der Waals surface area contributed by atoms with E-state index in [1.807, 2.05) is 0 Å². The van der Waals surface area contributed by atoms with Crippen LogP contribution in [0.4, 0.5) is 20.2 Å². The average Bonchev–Trinajstić information content (AvgIpc) is 3.27. The fourth-order valence-electron chi connectivity index (χ4n) is 3.39. The summed E-state index contributed by atoms with van der Waals surface area (Å²) in [6, 6.07) is 5.87. The number of Topliss-reactive ketones (excluding diaryl/α,β-unsaturated/α-hetero) is 1. The Balaban J connectivity index is 1.54. The highest BCUT2D eigenvalue weighted by atomic mass is 19.1. The predicted octanol–water partition coefficient (Wildman–Crippen LogP) is 2.89. The highest BCUT2D eigenvalue weighted by Gasteiger charge is 2.36. The van der Waals surface area contributed by atoms with Crippen LogP contribution >= 0.6 is 0 Å². The van der Waals surface area contributed by atoms with Crippen LogP contribution in [-0.4, -0.2) is 30.9 Å². The van der Waals surface area contributed by atoms with Crippen LogP contribution in [0.1, 0.15) is 23.7 Å². The molecule has 0 bridgehead atoms. The van der Waals surface area contributed by atoms with Gasteiger partial charge in [-0.25, -0.2) is 8.78 Å². The lowest BCUT2D eigenvalue weighted by Gasteiger charge is -2.18. The van der Waals surface area contributed by atoms with Gasteiger partial charge in [0, 0.05) is 30.7 Å². The van der Waals surface area contributed by atoms with Gasteiger partial charge in [-0.05, 0) is 25.1 Å². The summed E-state index contributed by atoms with van der Waals surface area (Å²) in [5.41, 5.74) is 0.401. The number of nitrogens with one attached hydrogen (secondary N) is 1. The first-order chi connectivity index (χ1) is 13.8. The van der Waals surface area contributed by atoms with Gasteiger partial charge >= 0.3 is 0 Å². The Morgan fingerprint density at radius 3 is 2.55 bits per heavy atom. The molecule has 0 spiro atoms. The molecule has 1 saturated heterocycles. The second kappa shape index (κ2) is 7.16. The number of carbonyl (C=O) groups excluding carboxylic acids is 3. The van der Waals surface area contributed by atoms with E-state index in [1.165, 1.54) is 19.1 Å². The monoisotopic (exact) mass is 402 g/mol. The average molecular weight is 402 g/mol. The molecule has 29 heavy (non-hydrogen) atoms. The van der Waals surface area contributed by atoms with Gasteiger partial charge in [0.25, 0.3) is 0 Å². The number of rotatable bonds is 4. The molecule has 2 aromatic carbocycles. The Morgan fingerprint density at radius 1 is 1.14 bits per heavy atom. The highest BCUT2D eigenvalue weighted by Crippen LogP contribution is 2.38. The fourth-order valence-corrected chi connectivity index (χ4v) is 3.39. The summed E-state index contributed by atoms with van der Waals surface area (Å²) >= 11 is 0. The van der Waals surface area contributed by atoms with Crippen molar-refractivity contribution in [1.82, 2.24) is 0 Å². The number of carbonyl (C=O) groups is 3. The first-order valence-electron chi connectivity index (χ1n) is 8.84. The summed E-state index contributed by atoms with van der Waals surface area (Å²) in [5.74, 6) is -2.84. The zero-order chi connectivity index (χ0) is 20.7. The minimum Gasteiger partial charge on any atom is -0.454 e. The highest BCUT2D eigenvalue weighted by molar-refractivity contribution is 6.07. The third kappa shape index (κ3) is 3.51. The molecule has 2 aromatic rings. The smallest absolute Gasteiger partial charge is 0.231 e. The number of hydrogen-bond acceptors (Lipinski definition) is 5. The standard InChI is InChI=1S/C20H16F2N2O5/c1-10(25)13-6-17-18(29-9-28-17)7-15(13)23-20(27)11-4-19(26)24(8-11)16-3-2-12(21)5-14(16)22/h2-3,5-7,11H,4,8-9H2,1H3,(H,23,27). The van der Waals surface area contributed by atoms with Crippen LogP contribution in [-0.2, 0) is 9.59 Å². The van der Waals surface area contributed by atoms with Crippen LogP contribution in [0.15, 0.2) is 30.3 Å². The zero-order valence-corrected chi connectivity index (χ0v) is 15.3. The maximum atomic E-state index is 14.0. The number of benzene rings is 2. The summed E-state index contributed by atoms with van der Waals surface area (Å²) in [4.78, 5) is 38.1. The van der Waals surface area contributed by atoms with Gasteiger partial charge in [0.05, 0.1) is 17.3 Å². The Kier molecular flexibility index (Phi) is 4.65. The molecule has 4 rings (SSSR count). The van der Waals surface area contributed by atoms with Crippen LogP contribution in [0.5, 0.6) is 11.5 Å². The molecule has 1 unspecified atom stereocenters. The summed E-state index contributed by atoms with van der Waals surface area (Å²) in [7, 11) is 0. The number of halogens is 2. The van der Waals surface area contributed by atoms with Gasteiger partial charge in [-0.3, -0.25) is 14.4 Å². The molecule has 7 nitrogen and oxygen atoms in total. The molecule has 2 aliphatic rings. The van der Waals surface area contributed by atoms with Gasteiger partial charge in [0.15, 0.2) is 17.3 Å². The number of anilines is 2. The zero-order valence-electron chi connectivity index (χ0n) is 15.3. The van der Waals surface area contributed by atoms with Gasteiger partial charge in [0.2, 0.25) is 18.6 Å². The molecule has 2 aliphatic heterocycles. The van der Waals surface area contributed by atoms with Crippen LogP contribution < -0.4 is 19.7 Å².